The highest BCUT2D eigenvalue weighted by Gasteiger charge is 2.17. The van der Waals surface area contributed by atoms with E-state index in [0.717, 1.165) is 69.4 Å². The first-order valence-electron chi connectivity index (χ1n) is 9.61. The van der Waals surface area contributed by atoms with Crippen LogP contribution in [0.4, 0.5) is 5.69 Å². The molecule has 0 saturated carbocycles. The first kappa shape index (κ1) is 20.5. The van der Waals surface area contributed by atoms with E-state index in [1.807, 2.05) is 24.3 Å². The van der Waals surface area contributed by atoms with E-state index in [2.05, 4.69) is 34.1 Å². The molecule has 0 bridgehead atoms. The topological polar surface area (TPSA) is 44.5 Å². The Labute approximate surface area is 171 Å². The van der Waals surface area contributed by atoms with Crippen molar-refractivity contribution in [1.29, 1.82) is 0 Å². The van der Waals surface area contributed by atoms with Crippen molar-refractivity contribution >= 4 is 28.9 Å². The van der Waals surface area contributed by atoms with Gasteiger partial charge in [-0.3, -0.25) is 4.90 Å². The van der Waals surface area contributed by atoms with Crippen molar-refractivity contribution in [2.24, 2.45) is 0 Å². The molecule has 1 N–H and O–H groups in total. The van der Waals surface area contributed by atoms with Crippen LogP contribution < -0.4 is 10.2 Å². The Kier molecular flexibility index (Phi) is 7.41. The van der Waals surface area contributed by atoms with Crippen LogP contribution in [-0.4, -0.2) is 49.3 Å². The van der Waals surface area contributed by atoms with Gasteiger partial charge in [0.15, 0.2) is 5.76 Å². The van der Waals surface area contributed by atoms with Crippen LogP contribution in [0.1, 0.15) is 37.6 Å². The molecule has 1 saturated heterocycles. The Morgan fingerprint density at radius 1 is 1.11 bits per heavy atom. The van der Waals surface area contributed by atoms with Gasteiger partial charge in [-0.2, -0.15) is 0 Å². The van der Waals surface area contributed by atoms with Crippen LogP contribution in [0.15, 0.2) is 28.8 Å². The third-order valence-corrected chi connectivity index (χ3v) is 5.68. The van der Waals surface area contributed by atoms with E-state index in [9.17, 15) is 0 Å². The number of nitrogens with zero attached hydrogens (tertiary/aromatic N) is 3. The molecule has 1 aromatic heterocycles. The van der Waals surface area contributed by atoms with Gasteiger partial charge in [0, 0.05) is 37.9 Å². The van der Waals surface area contributed by atoms with Crippen LogP contribution >= 0.6 is 23.2 Å². The summed E-state index contributed by atoms with van der Waals surface area (Å²) in [7, 11) is 0. The molecule has 2 heterocycles. The molecule has 5 nitrogen and oxygen atoms in total. The molecule has 0 spiro atoms. The van der Waals surface area contributed by atoms with Crippen molar-refractivity contribution in [3.05, 3.63) is 45.8 Å². The molecule has 1 fully saturated rings. The number of piperazine rings is 1. The monoisotopic (exact) mass is 410 g/mol. The minimum Gasteiger partial charge on any atom is -0.369 e. The van der Waals surface area contributed by atoms with E-state index in [1.165, 1.54) is 0 Å². The van der Waals surface area contributed by atoms with Crippen molar-refractivity contribution in [1.82, 2.24) is 15.4 Å². The lowest BCUT2D eigenvalue weighted by molar-refractivity contribution is 0.253. The minimum atomic E-state index is 0.407. The summed E-state index contributed by atoms with van der Waals surface area (Å²) < 4.78 is 5.35. The summed E-state index contributed by atoms with van der Waals surface area (Å²) >= 11 is 12.1. The lowest BCUT2D eigenvalue weighted by Gasteiger charge is -2.36. The summed E-state index contributed by atoms with van der Waals surface area (Å²) in [5.41, 5.74) is 2.17. The molecule has 2 aromatic rings. The first-order chi connectivity index (χ1) is 13.0. The molecule has 0 unspecified atom stereocenters. The molecule has 0 amide bonds. The van der Waals surface area contributed by atoms with Crippen LogP contribution in [0.5, 0.6) is 0 Å². The molecule has 0 radical (unpaired) electrons. The van der Waals surface area contributed by atoms with Gasteiger partial charge in [-0.1, -0.05) is 42.2 Å². The van der Waals surface area contributed by atoms with Gasteiger partial charge < -0.3 is 14.7 Å². The lowest BCUT2D eigenvalue weighted by Crippen LogP contribution is -2.47. The molecule has 3 rings (SSSR count). The molecule has 148 valence electrons. The number of hydrogen-bond donors (Lipinski definition) is 1. The predicted molar refractivity (Wildman–Crippen MR) is 112 cm³/mol. The van der Waals surface area contributed by atoms with Gasteiger partial charge in [0.1, 0.15) is 0 Å². The van der Waals surface area contributed by atoms with E-state index >= 15 is 0 Å². The van der Waals surface area contributed by atoms with Gasteiger partial charge in [-0.05, 0) is 43.6 Å². The summed E-state index contributed by atoms with van der Waals surface area (Å²) in [6.45, 7) is 11.2. The Morgan fingerprint density at radius 3 is 2.56 bits per heavy atom. The van der Waals surface area contributed by atoms with Crippen LogP contribution in [0.2, 0.25) is 10.0 Å². The Morgan fingerprint density at radius 2 is 1.89 bits per heavy atom. The number of benzene rings is 1. The lowest BCUT2D eigenvalue weighted by atomic mass is 10.1. The van der Waals surface area contributed by atoms with E-state index in [-0.39, 0.29) is 0 Å². The van der Waals surface area contributed by atoms with E-state index in [1.54, 1.807) is 0 Å². The standard InChI is InChI=1S/C20H28Cl2N4O/c1-15(2)20-13-17(27-24-20)14-23-6-3-7-25-8-10-26(11-9-25)16-4-5-18(21)19(22)12-16/h4-5,12-13,15,23H,3,6-11,14H2,1-2H3. The second-order valence-electron chi connectivity index (χ2n) is 7.33. The Hall–Kier alpha value is -1.27. The van der Waals surface area contributed by atoms with Gasteiger partial charge in [-0.15, -0.1) is 0 Å². The van der Waals surface area contributed by atoms with E-state index in [4.69, 9.17) is 27.7 Å². The van der Waals surface area contributed by atoms with Crippen LogP contribution in [0.25, 0.3) is 0 Å². The average molecular weight is 411 g/mol. The fourth-order valence-electron chi connectivity index (χ4n) is 3.24. The normalized spacial score (nSPS) is 15.7. The number of nitrogens with one attached hydrogen (secondary N) is 1. The molecule has 1 aliphatic rings. The quantitative estimate of drug-likeness (QED) is 0.652. The third kappa shape index (κ3) is 5.85. The SMILES string of the molecule is CC(C)c1cc(CNCCCN2CCN(c3ccc(Cl)c(Cl)c3)CC2)on1. The Bertz CT molecular complexity index is 727. The summed E-state index contributed by atoms with van der Waals surface area (Å²) in [4.78, 5) is 4.88. The highest BCUT2D eigenvalue weighted by molar-refractivity contribution is 6.42. The Balaban J connectivity index is 1.32. The average Bonchev–Trinajstić information content (AvgIpc) is 3.14. The van der Waals surface area contributed by atoms with Crippen LogP contribution in [0, 0.1) is 0 Å². The van der Waals surface area contributed by atoms with Gasteiger partial charge in [-0.25, -0.2) is 0 Å². The highest BCUT2D eigenvalue weighted by Crippen LogP contribution is 2.27. The summed E-state index contributed by atoms with van der Waals surface area (Å²) in [6, 6.07) is 7.91. The summed E-state index contributed by atoms with van der Waals surface area (Å²) in [6.07, 6.45) is 1.12. The van der Waals surface area contributed by atoms with Crippen molar-refractivity contribution < 1.29 is 4.52 Å². The van der Waals surface area contributed by atoms with Crippen molar-refractivity contribution in [3.8, 4) is 0 Å². The second-order valence-corrected chi connectivity index (χ2v) is 8.14. The predicted octanol–water partition coefficient (Wildman–Crippen LogP) is 4.41. The minimum absolute atomic E-state index is 0.407. The number of hydrogen-bond acceptors (Lipinski definition) is 5. The number of aromatic nitrogens is 1. The smallest absolute Gasteiger partial charge is 0.150 e. The van der Waals surface area contributed by atoms with Crippen LogP contribution in [-0.2, 0) is 6.54 Å². The number of halogens is 2. The molecular formula is C20H28Cl2N4O. The zero-order valence-electron chi connectivity index (χ0n) is 16.0. The first-order valence-corrected chi connectivity index (χ1v) is 10.4. The fraction of sp³-hybridized carbons (Fsp3) is 0.550. The van der Waals surface area contributed by atoms with Gasteiger partial charge in [0.25, 0.3) is 0 Å². The fourth-order valence-corrected chi connectivity index (χ4v) is 3.53. The van der Waals surface area contributed by atoms with Gasteiger partial charge >= 0.3 is 0 Å². The second kappa shape index (κ2) is 9.78. The van der Waals surface area contributed by atoms with Gasteiger partial charge in [0.2, 0.25) is 0 Å². The van der Waals surface area contributed by atoms with E-state index in [0.29, 0.717) is 16.0 Å². The van der Waals surface area contributed by atoms with Crippen molar-refractivity contribution in [2.75, 3.05) is 44.2 Å². The summed E-state index contributed by atoms with van der Waals surface area (Å²) in [5.74, 6) is 1.32. The number of anilines is 1. The summed E-state index contributed by atoms with van der Waals surface area (Å²) in [5, 5.41) is 8.76. The molecule has 1 aliphatic heterocycles. The molecule has 27 heavy (non-hydrogen) atoms. The third-order valence-electron chi connectivity index (χ3n) is 4.94. The maximum atomic E-state index is 6.13. The molecule has 7 heteroatoms. The van der Waals surface area contributed by atoms with Gasteiger partial charge in [0.05, 0.1) is 22.3 Å². The molecule has 1 aromatic carbocycles. The van der Waals surface area contributed by atoms with Crippen molar-refractivity contribution in [2.45, 2.75) is 32.7 Å². The maximum Gasteiger partial charge on any atom is 0.150 e. The molecular weight excluding hydrogens is 383 g/mol. The molecule has 0 atom stereocenters. The maximum absolute atomic E-state index is 6.13. The highest BCUT2D eigenvalue weighted by atomic mass is 35.5. The van der Waals surface area contributed by atoms with Crippen molar-refractivity contribution in [3.63, 3.8) is 0 Å². The zero-order valence-corrected chi connectivity index (χ0v) is 17.6. The number of rotatable bonds is 8. The largest absolute Gasteiger partial charge is 0.369 e. The zero-order chi connectivity index (χ0) is 19.2. The molecule has 0 aliphatic carbocycles. The van der Waals surface area contributed by atoms with Crippen LogP contribution in [0.3, 0.4) is 0 Å². The van der Waals surface area contributed by atoms with E-state index < -0.39 is 0 Å².